The summed E-state index contributed by atoms with van der Waals surface area (Å²) in [5.41, 5.74) is 13.4. The molecule has 108 valence electrons. The molecule has 0 aliphatic heterocycles. The number of carbonyl (C=O) groups is 1. The summed E-state index contributed by atoms with van der Waals surface area (Å²) in [6.07, 6.45) is 0. The second kappa shape index (κ2) is 5.65. The van der Waals surface area contributed by atoms with Gasteiger partial charge in [0.1, 0.15) is 0 Å². The van der Waals surface area contributed by atoms with Crippen LogP contribution in [0.2, 0.25) is 0 Å². The SMILES string of the molecule is NC(N)=NC(=O)c1cc(-c2ccccc2)nc2ccccc12. The van der Waals surface area contributed by atoms with Gasteiger partial charge in [0.2, 0.25) is 0 Å². The Balaban J connectivity index is 2.25. The molecule has 5 heteroatoms. The molecule has 0 aliphatic carbocycles. The van der Waals surface area contributed by atoms with Crippen LogP contribution in [0.4, 0.5) is 0 Å². The average Bonchev–Trinajstić information content (AvgIpc) is 2.54. The van der Waals surface area contributed by atoms with Crippen molar-refractivity contribution >= 4 is 22.8 Å². The lowest BCUT2D eigenvalue weighted by molar-refractivity contribution is 0.100. The molecule has 2 aromatic carbocycles. The summed E-state index contributed by atoms with van der Waals surface area (Å²) in [5.74, 6) is -0.733. The van der Waals surface area contributed by atoms with E-state index in [9.17, 15) is 4.79 Å². The topological polar surface area (TPSA) is 94.4 Å². The van der Waals surface area contributed by atoms with Gasteiger partial charge in [-0.1, -0.05) is 48.5 Å². The molecule has 0 atom stereocenters. The van der Waals surface area contributed by atoms with Gasteiger partial charge in [0, 0.05) is 10.9 Å². The van der Waals surface area contributed by atoms with Gasteiger partial charge in [0.25, 0.3) is 5.91 Å². The highest BCUT2D eigenvalue weighted by atomic mass is 16.1. The number of fused-ring (bicyclic) bond motifs is 1. The van der Waals surface area contributed by atoms with Gasteiger partial charge in [-0.2, -0.15) is 4.99 Å². The lowest BCUT2D eigenvalue weighted by atomic mass is 10.0. The van der Waals surface area contributed by atoms with E-state index >= 15 is 0 Å². The van der Waals surface area contributed by atoms with E-state index in [1.807, 2.05) is 54.6 Å². The van der Waals surface area contributed by atoms with E-state index in [1.165, 1.54) is 0 Å². The Morgan fingerprint density at radius 3 is 2.36 bits per heavy atom. The van der Waals surface area contributed by atoms with Gasteiger partial charge in [-0.25, -0.2) is 4.98 Å². The van der Waals surface area contributed by atoms with Crippen molar-refractivity contribution < 1.29 is 4.79 Å². The second-order valence-electron chi connectivity index (χ2n) is 4.78. The maximum Gasteiger partial charge on any atom is 0.280 e. The smallest absolute Gasteiger partial charge is 0.280 e. The fourth-order valence-corrected chi connectivity index (χ4v) is 2.29. The normalized spacial score (nSPS) is 10.4. The highest BCUT2D eigenvalue weighted by molar-refractivity contribution is 6.10. The van der Waals surface area contributed by atoms with Gasteiger partial charge >= 0.3 is 0 Å². The van der Waals surface area contributed by atoms with Crippen LogP contribution in [-0.2, 0) is 0 Å². The molecule has 1 heterocycles. The summed E-state index contributed by atoms with van der Waals surface area (Å²) < 4.78 is 0. The van der Waals surface area contributed by atoms with Gasteiger partial charge in [0.15, 0.2) is 5.96 Å². The monoisotopic (exact) mass is 290 g/mol. The van der Waals surface area contributed by atoms with E-state index in [4.69, 9.17) is 11.5 Å². The molecule has 3 aromatic rings. The van der Waals surface area contributed by atoms with Gasteiger partial charge in [-0.15, -0.1) is 0 Å². The third kappa shape index (κ3) is 2.64. The molecule has 0 bridgehead atoms. The molecule has 5 nitrogen and oxygen atoms in total. The number of aliphatic imine (C=N–C) groups is 1. The Hall–Kier alpha value is -3.21. The van der Waals surface area contributed by atoms with Crippen LogP contribution in [0.5, 0.6) is 0 Å². The van der Waals surface area contributed by atoms with Crippen LogP contribution in [0, 0.1) is 0 Å². The van der Waals surface area contributed by atoms with Crippen molar-refractivity contribution in [2.45, 2.75) is 0 Å². The molecule has 1 amide bonds. The minimum atomic E-state index is -0.476. The number of aromatic nitrogens is 1. The molecule has 0 fully saturated rings. The van der Waals surface area contributed by atoms with Gasteiger partial charge in [-0.3, -0.25) is 4.79 Å². The first-order valence-corrected chi connectivity index (χ1v) is 6.74. The predicted molar refractivity (Wildman–Crippen MR) is 87.3 cm³/mol. The highest BCUT2D eigenvalue weighted by Gasteiger charge is 2.13. The summed E-state index contributed by atoms with van der Waals surface area (Å²) in [4.78, 5) is 20.5. The number of para-hydroxylation sites is 1. The fourth-order valence-electron chi connectivity index (χ4n) is 2.29. The molecule has 22 heavy (non-hydrogen) atoms. The van der Waals surface area contributed by atoms with Gasteiger partial charge in [-0.05, 0) is 12.1 Å². The van der Waals surface area contributed by atoms with E-state index in [-0.39, 0.29) is 5.96 Å². The van der Waals surface area contributed by atoms with Crippen LogP contribution < -0.4 is 11.5 Å². The van der Waals surface area contributed by atoms with E-state index in [0.29, 0.717) is 11.3 Å². The number of guanidine groups is 1. The van der Waals surface area contributed by atoms with Gasteiger partial charge < -0.3 is 11.5 Å². The zero-order chi connectivity index (χ0) is 15.5. The number of hydrogen-bond donors (Lipinski definition) is 2. The first-order chi connectivity index (χ1) is 10.6. The first-order valence-electron chi connectivity index (χ1n) is 6.74. The molecule has 0 aliphatic rings. The van der Waals surface area contributed by atoms with Crippen molar-refractivity contribution in [1.82, 2.24) is 4.98 Å². The Morgan fingerprint density at radius 2 is 1.64 bits per heavy atom. The number of rotatable bonds is 2. The Labute approximate surface area is 127 Å². The van der Waals surface area contributed by atoms with Crippen LogP contribution in [0.25, 0.3) is 22.2 Å². The maximum atomic E-state index is 12.3. The predicted octanol–water partition coefficient (Wildman–Crippen LogP) is 2.32. The van der Waals surface area contributed by atoms with Crippen LogP contribution in [0.15, 0.2) is 65.7 Å². The van der Waals surface area contributed by atoms with Crippen molar-refractivity contribution in [2.75, 3.05) is 0 Å². The van der Waals surface area contributed by atoms with Crippen LogP contribution >= 0.6 is 0 Å². The second-order valence-corrected chi connectivity index (χ2v) is 4.78. The average molecular weight is 290 g/mol. The van der Waals surface area contributed by atoms with Crippen molar-refractivity contribution in [2.24, 2.45) is 16.5 Å². The van der Waals surface area contributed by atoms with Crippen LogP contribution in [-0.4, -0.2) is 16.9 Å². The quantitative estimate of drug-likeness (QED) is 0.559. The standard InChI is InChI=1S/C17H14N4O/c18-17(19)21-16(22)13-10-15(11-6-2-1-3-7-11)20-14-9-5-4-8-12(13)14/h1-10H,(H4,18,19,21,22). The number of amides is 1. The first kappa shape index (κ1) is 13.8. The minimum absolute atomic E-state index is 0.257. The van der Waals surface area contributed by atoms with E-state index < -0.39 is 5.91 Å². The minimum Gasteiger partial charge on any atom is -0.370 e. The van der Waals surface area contributed by atoms with Crippen LogP contribution in [0.3, 0.4) is 0 Å². The third-order valence-electron chi connectivity index (χ3n) is 3.25. The molecule has 0 radical (unpaired) electrons. The number of benzene rings is 2. The molecule has 0 saturated carbocycles. The fraction of sp³-hybridized carbons (Fsp3) is 0. The number of hydrogen-bond acceptors (Lipinski definition) is 2. The van der Waals surface area contributed by atoms with Gasteiger partial charge in [0.05, 0.1) is 16.8 Å². The van der Waals surface area contributed by atoms with Crippen LogP contribution in [0.1, 0.15) is 10.4 Å². The highest BCUT2D eigenvalue weighted by Crippen LogP contribution is 2.25. The van der Waals surface area contributed by atoms with E-state index in [2.05, 4.69) is 9.98 Å². The summed E-state index contributed by atoms with van der Waals surface area (Å²) >= 11 is 0. The number of pyridine rings is 1. The molecule has 0 spiro atoms. The summed E-state index contributed by atoms with van der Waals surface area (Å²) in [6, 6.07) is 18.8. The summed E-state index contributed by atoms with van der Waals surface area (Å²) in [7, 11) is 0. The van der Waals surface area contributed by atoms with Crippen molar-refractivity contribution in [3.05, 3.63) is 66.2 Å². The Bertz CT molecular complexity index is 868. The summed E-state index contributed by atoms with van der Waals surface area (Å²) in [6.45, 7) is 0. The molecule has 3 rings (SSSR count). The Kier molecular flexibility index (Phi) is 3.53. The maximum absolute atomic E-state index is 12.3. The van der Waals surface area contributed by atoms with E-state index in [1.54, 1.807) is 6.07 Å². The molecule has 4 N–H and O–H groups in total. The zero-order valence-corrected chi connectivity index (χ0v) is 11.7. The number of carbonyl (C=O) groups excluding carboxylic acids is 1. The lowest BCUT2D eigenvalue weighted by Gasteiger charge is -2.07. The molecular formula is C17H14N4O. The molecule has 1 aromatic heterocycles. The molecule has 0 saturated heterocycles. The number of nitrogens with two attached hydrogens (primary N) is 2. The molecular weight excluding hydrogens is 276 g/mol. The third-order valence-corrected chi connectivity index (χ3v) is 3.25. The molecule has 0 unspecified atom stereocenters. The van der Waals surface area contributed by atoms with Crippen molar-refractivity contribution in [3.8, 4) is 11.3 Å². The zero-order valence-electron chi connectivity index (χ0n) is 11.7. The van der Waals surface area contributed by atoms with Crippen molar-refractivity contribution in [1.29, 1.82) is 0 Å². The van der Waals surface area contributed by atoms with E-state index in [0.717, 1.165) is 16.5 Å². The van der Waals surface area contributed by atoms with Crippen molar-refractivity contribution in [3.63, 3.8) is 0 Å². The largest absolute Gasteiger partial charge is 0.370 e. The summed E-state index contributed by atoms with van der Waals surface area (Å²) in [5, 5.41) is 0.720. The Morgan fingerprint density at radius 1 is 0.955 bits per heavy atom. The number of nitrogens with zero attached hydrogens (tertiary/aromatic N) is 2. The lowest BCUT2D eigenvalue weighted by Crippen LogP contribution is -2.24.